The largest absolute Gasteiger partial charge is 0.394 e. The van der Waals surface area contributed by atoms with Crippen LogP contribution in [0.4, 0.5) is 0 Å². The minimum absolute atomic E-state index is 0.0784. The van der Waals surface area contributed by atoms with Crippen molar-refractivity contribution in [2.45, 2.75) is 30.2 Å². The van der Waals surface area contributed by atoms with E-state index < -0.39 is 36.8 Å². The van der Waals surface area contributed by atoms with Crippen LogP contribution in [0, 0.1) is 0 Å². The van der Waals surface area contributed by atoms with Gasteiger partial charge in [0.25, 0.3) is 5.79 Å². The first kappa shape index (κ1) is 11.5. The number of aldehydes is 1. The average molecular weight is 208 g/mol. The van der Waals surface area contributed by atoms with E-state index in [0.717, 1.165) is 0 Å². The minimum Gasteiger partial charge on any atom is -0.394 e. The molecular weight excluding hydrogens is 196 g/mol. The van der Waals surface area contributed by atoms with Gasteiger partial charge in [-0.1, -0.05) is 0 Å². The van der Waals surface area contributed by atoms with Gasteiger partial charge >= 0.3 is 0 Å². The Morgan fingerprint density at radius 3 is 2.43 bits per heavy atom. The first-order valence-corrected chi connectivity index (χ1v) is 3.98. The maximum Gasteiger partial charge on any atom is 0.253 e. The molecule has 0 aliphatic carbocycles. The Bertz CT molecular complexity index is 220. The summed E-state index contributed by atoms with van der Waals surface area (Å²) in [5.41, 5.74) is 0. The number of hydrogen-bond acceptors (Lipinski definition) is 7. The van der Waals surface area contributed by atoms with E-state index in [4.69, 9.17) is 10.2 Å². The number of aliphatic hydroxyl groups is 5. The van der Waals surface area contributed by atoms with Crippen molar-refractivity contribution in [3.63, 3.8) is 0 Å². The van der Waals surface area contributed by atoms with Gasteiger partial charge in [0.2, 0.25) is 0 Å². The van der Waals surface area contributed by atoms with E-state index in [-0.39, 0.29) is 6.29 Å². The van der Waals surface area contributed by atoms with Crippen molar-refractivity contribution < 1.29 is 35.1 Å². The highest BCUT2D eigenvalue weighted by Gasteiger charge is 2.55. The van der Waals surface area contributed by atoms with Crippen LogP contribution in [-0.2, 0) is 9.53 Å². The lowest BCUT2D eigenvalue weighted by molar-refractivity contribution is -0.220. The van der Waals surface area contributed by atoms with E-state index in [2.05, 4.69) is 4.74 Å². The van der Waals surface area contributed by atoms with Gasteiger partial charge < -0.3 is 30.3 Å². The summed E-state index contributed by atoms with van der Waals surface area (Å²) >= 11 is 0. The molecule has 1 fully saturated rings. The predicted octanol–water partition coefficient (Wildman–Crippen LogP) is -3.65. The summed E-state index contributed by atoms with van der Waals surface area (Å²) in [5, 5.41) is 45.4. The summed E-state index contributed by atoms with van der Waals surface area (Å²) in [6.45, 7) is -0.719. The summed E-state index contributed by atoms with van der Waals surface area (Å²) in [5.74, 6) is -2.53. The summed E-state index contributed by atoms with van der Waals surface area (Å²) in [6, 6.07) is 0. The van der Waals surface area contributed by atoms with Crippen LogP contribution in [0.5, 0.6) is 0 Å². The van der Waals surface area contributed by atoms with Gasteiger partial charge in [0, 0.05) is 0 Å². The predicted molar refractivity (Wildman–Crippen MR) is 41.0 cm³/mol. The maximum absolute atomic E-state index is 10.4. The van der Waals surface area contributed by atoms with Gasteiger partial charge in [-0.3, -0.25) is 4.79 Å². The molecule has 0 amide bonds. The van der Waals surface area contributed by atoms with Gasteiger partial charge in [-0.25, -0.2) is 0 Å². The molecule has 0 aromatic rings. The maximum atomic E-state index is 10.4. The Balaban J connectivity index is 2.81. The lowest BCUT2D eigenvalue weighted by Crippen LogP contribution is -2.44. The first-order chi connectivity index (χ1) is 6.46. The third-order valence-electron chi connectivity index (χ3n) is 2.14. The van der Waals surface area contributed by atoms with E-state index in [1.807, 2.05) is 0 Å². The van der Waals surface area contributed by atoms with Crippen molar-refractivity contribution in [1.82, 2.24) is 0 Å². The zero-order valence-electron chi connectivity index (χ0n) is 7.15. The number of hydrogen-bond donors (Lipinski definition) is 5. The van der Waals surface area contributed by atoms with Gasteiger partial charge in [0.15, 0.2) is 6.29 Å². The molecule has 5 atom stereocenters. The van der Waals surface area contributed by atoms with Crippen LogP contribution >= 0.6 is 0 Å². The van der Waals surface area contributed by atoms with Gasteiger partial charge in [-0.2, -0.15) is 0 Å². The molecule has 82 valence electrons. The molecule has 1 aliphatic heterocycles. The van der Waals surface area contributed by atoms with Crippen molar-refractivity contribution in [3.8, 4) is 0 Å². The van der Waals surface area contributed by atoms with Gasteiger partial charge in [-0.05, 0) is 0 Å². The van der Waals surface area contributed by atoms with E-state index in [1.54, 1.807) is 0 Å². The normalized spacial score (nSPS) is 45.1. The Morgan fingerprint density at radius 2 is 2.07 bits per heavy atom. The third-order valence-corrected chi connectivity index (χ3v) is 2.14. The molecule has 1 aliphatic rings. The third kappa shape index (κ3) is 1.65. The van der Waals surface area contributed by atoms with Crippen LogP contribution < -0.4 is 0 Å². The highest BCUT2D eigenvalue weighted by atomic mass is 16.7. The minimum atomic E-state index is -2.53. The van der Waals surface area contributed by atoms with Crippen molar-refractivity contribution in [2.75, 3.05) is 6.61 Å². The van der Waals surface area contributed by atoms with Crippen molar-refractivity contribution >= 4 is 6.29 Å². The van der Waals surface area contributed by atoms with Gasteiger partial charge in [-0.15, -0.1) is 0 Å². The first-order valence-electron chi connectivity index (χ1n) is 3.98. The van der Waals surface area contributed by atoms with E-state index >= 15 is 0 Å². The van der Waals surface area contributed by atoms with Crippen LogP contribution in [0.3, 0.4) is 0 Å². The highest BCUT2D eigenvalue weighted by molar-refractivity contribution is 5.62. The molecule has 5 N–H and O–H groups in total. The number of carbonyl (C=O) groups is 1. The molecule has 1 rings (SSSR count). The van der Waals surface area contributed by atoms with Crippen molar-refractivity contribution in [1.29, 1.82) is 0 Å². The standard InChI is InChI=1S/C7H12O7/c8-1-3(10)5-4(11)6(12)7(13,2-9)14-5/h2-6,8,10-13H,1H2/t3-,4+,5+,6-,7?/m1/s1. The summed E-state index contributed by atoms with van der Waals surface area (Å²) in [7, 11) is 0. The van der Waals surface area contributed by atoms with Gasteiger partial charge in [0.1, 0.15) is 24.4 Å². The average Bonchev–Trinajstić information content (AvgIpc) is 2.43. The molecule has 0 bridgehead atoms. The van der Waals surface area contributed by atoms with Crippen LogP contribution in [0.2, 0.25) is 0 Å². The molecule has 1 unspecified atom stereocenters. The Kier molecular flexibility index (Phi) is 3.20. The molecule has 0 radical (unpaired) electrons. The molecule has 0 saturated carbocycles. The van der Waals surface area contributed by atoms with Crippen LogP contribution in [0.25, 0.3) is 0 Å². The Labute approximate surface area is 79.2 Å². The lowest BCUT2D eigenvalue weighted by Gasteiger charge is -2.19. The Morgan fingerprint density at radius 1 is 1.50 bits per heavy atom. The zero-order chi connectivity index (χ0) is 10.9. The molecule has 0 aromatic heterocycles. The molecule has 1 saturated heterocycles. The molecule has 0 aromatic carbocycles. The van der Waals surface area contributed by atoms with E-state index in [1.165, 1.54) is 0 Å². The molecule has 7 nitrogen and oxygen atoms in total. The molecule has 14 heavy (non-hydrogen) atoms. The Hall–Kier alpha value is -0.570. The highest BCUT2D eigenvalue weighted by Crippen LogP contribution is 2.29. The van der Waals surface area contributed by atoms with E-state index in [0.29, 0.717) is 0 Å². The smallest absolute Gasteiger partial charge is 0.253 e. The zero-order valence-corrected chi connectivity index (χ0v) is 7.15. The topological polar surface area (TPSA) is 127 Å². The van der Waals surface area contributed by atoms with Crippen LogP contribution in [-0.4, -0.2) is 68.6 Å². The molecule has 0 spiro atoms. The monoisotopic (exact) mass is 208 g/mol. The SMILES string of the molecule is O=CC1(O)O[C@@H]([C@H](O)CO)[C@H](O)[C@H]1O. The number of ether oxygens (including phenoxy) is 1. The fraction of sp³-hybridized carbons (Fsp3) is 0.857. The van der Waals surface area contributed by atoms with Crippen molar-refractivity contribution in [3.05, 3.63) is 0 Å². The van der Waals surface area contributed by atoms with Crippen LogP contribution in [0.15, 0.2) is 0 Å². The fourth-order valence-electron chi connectivity index (χ4n) is 1.29. The fourth-order valence-corrected chi connectivity index (χ4v) is 1.29. The quantitative estimate of drug-likeness (QED) is 0.302. The summed E-state index contributed by atoms with van der Waals surface area (Å²) < 4.78 is 4.55. The number of carbonyl (C=O) groups excluding carboxylic acids is 1. The second-order valence-corrected chi connectivity index (χ2v) is 3.14. The molecule has 7 heteroatoms. The molecule has 1 heterocycles. The second kappa shape index (κ2) is 3.89. The molecular formula is C7H12O7. The number of aliphatic hydroxyl groups excluding tert-OH is 4. The van der Waals surface area contributed by atoms with Crippen molar-refractivity contribution in [2.24, 2.45) is 0 Å². The summed E-state index contributed by atoms with van der Waals surface area (Å²) in [4.78, 5) is 10.4. The number of rotatable bonds is 3. The van der Waals surface area contributed by atoms with Crippen LogP contribution in [0.1, 0.15) is 0 Å². The van der Waals surface area contributed by atoms with Gasteiger partial charge in [0.05, 0.1) is 6.61 Å². The summed E-state index contributed by atoms with van der Waals surface area (Å²) in [6.07, 6.45) is -6.43. The lowest BCUT2D eigenvalue weighted by atomic mass is 10.0. The van der Waals surface area contributed by atoms with E-state index in [9.17, 15) is 20.1 Å². The second-order valence-electron chi connectivity index (χ2n) is 3.14.